The average Bonchev–Trinajstić information content (AvgIpc) is 3.39. The van der Waals surface area contributed by atoms with Gasteiger partial charge in [0.25, 0.3) is 0 Å². The van der Waals surface area contributed by atoms with Crippen LogP contribution in [0.5, 0.6) is 0 Å². The largest absolute Gasteiger partial charge is 0.444 e. The lowest BCUT2D eigenvalue weighted by atomic mass is 9.82. The maximum atomic E-state index is 14.2. The number of ether oxygens (including phenoxy) is 2. The summed E-state index contributed by atoms with van der Waals surface area (Å²) in [6, 6.07) is 38.9. The Labute approximate surface area is 270 Å². The van der Waals surface area contributed by atoms with Gasteiger partial charge in [-0.1, -0.05) is 141 Å². The molecule has 1 aliphatic heterocycles. The molecule has 1 saturated carbocycles. The van der Waals surface area contributed by atoms with Crippen molar-refractivity contribution in [2.45, 2.75) is 57.9 Å². The van der Waals surface area contributed by atoms with Gasteiger partial charge in [-0.2, -0.15) is 0 Å². The normalized spacial score (nSPS) is 18.6. The molecule has 46 heavy (non-hydrogen) atoms. The van der Waals surface area contributed by atoms with Crippen LogP contribution in [0.15, 0.2) is 132 Å². The van der Waals surface area contributed by atoms with Gasteiger partial charge in [0.15, 0.2) is 0 Å². The standard InChI is InChI=1S/C39H39N3O4/c43-38(45-28-32-20-10-3-11-21-32)40-37-41(27-31-18-8-2-9-19-31)36(34-24-14-5-15-25-34)35(26-30-16-6-1-7-17-30)42(37)39(44)46-29-33-22-12-4-13-23-33/h1-4,6-13,16-23,26,34,36H,5,14-15,24-25,27-29H2/b35-26-,40-37-. The fourth-order valence-corrected chi connectivity index (χ4v) is 6.34. The maximum absolute atomic E-state index is 14.2. The van der Waals surface area contributed by atoms with Gasteiger partial charge in [-0.15, -0.1) is 4.99 Å². The predicted molar refractivity (Wildman–Crippen MR) is 179 cm³/mol. The molecule has 0 N–H and O–H groups in total. The molecule has 2 aliphatic rings. The van der Waals surface area contributed by atoms with Crippen LogP contribution in [0.2, 0.25) is 0 Å². The van der Waals surface area contributed by atoms with Crippen LogP contribution < -0.4 is 0 Å². The summed E-state index contributed by atoms with van der Waals surface area (Å²) in [5.74, 6) is 0.475. The number of benzene rings is 4. The summed E-state index contributed by atoms with van der Waals surface area (Å²) in [7, 11) is 0. The van der Waals surface area contributed by atoms with Gasteiger partial charge < -0.3 is 14.4 Å². The lowest BCUT2D eigenvalue weighted by molar-refractivity contribution is 0.123. The van der Waals surface area contributed by atoms with Crippen molar-refractivity contribution in [2.75, 3.05) is 0 Å². The van der Waals surface area contributed by atoms with Crippen molar-refractivity contribution in [1.82, 2.24) is 9.80 Å². The maximum Gasteiger partial charge on any atom is 0.437 e. The van der Waals surface area contributed by atoms with Gasteiger partial charge in [0.05, 0.1) is 11.7 Å². The van der Waals surface area contributed by atoms with Crippen LogP contribution in [0.1, 0.15) is 54.4 Å². The van der Waals surface area contributed by atoms with E-state index in [-0.39, 0.29) is 31.1 Å². The van der Waals surface area contributed by atoms with Gasteiger partial charge in [-0.3, -0.25) is 0 Å². The van der Waals surface area contributed by atoms with E-state index in [1.54, 1.807) is 0 Å². The zero-order valence-electron chi connectivity index (χ0n) is 25.9. The van der Waals surface area contributed by atoms with E-state index in [2.05, 4.69) is 22.0 Å². The van der Waals surface area contributed by atoms with E-state index < -0.39 is 12.2 Å². The Morgan fingerprint density at radius 2 is 1.20 bits per heavy atom. The van der Waals surface area contributed by atoms with E-state index in [4.69, 9.17) is 9.47 Å². The highest BCUT2D eigenvalue weighted by Crippen LogP contribution is 2.41. The molecule has 1 unspecified atom stereocenters. The van der Waals surface area contributed by atoms with Crippen molar-refractivity contribution >= 4 is 24.2 Å². The fraction of sp³-hybridized carbons (Fsp3) is 0.256. The molecule has 2 fully saturated rings. The Morgan fingerprint density at radius 1 is 0.674 bits per heavy atom. The molecule has 4 aromatic rings. The van der Waals surface area contributed by atoms with Gasteiger partial charge in [-0.05, 0) is 47.1 Å². The minimum absolute atomic E-state index is 0.0758. The molecule has 1 aliphatic carbocycles. The number of aliphatic imine (C=N–C) groups is 1. The van der Waals surface area contributed by atoms with Crippen molar-refractivity contribution in [3.05, 3.63) is 149 Å². The zero-order valence-corrected chi connectivity index (χ0v) is 25.9. The molecule has 4 aromatic carbocycles. The molecule has 1 heterocycles. The molecule has 0 aromatic heterocycles. The van der Waals surface area contributed by atoms with Crippen LogP contribution in [0.25, 0.3) is 6.08 Å². The number of nitrogens with zero attached hydrogens (tertiary/aromatic N) is 3. The third kappa shape index (κ3) is 7.72. The molecule has 1 saturated heterocycles. The molecule has 0 bridgehead atoms. The first kappa shape index (κ1) is 30.8. The van der Waals surface area contributed by atoms with Gasteiger partial charge in [0.2, 0.25) is 5.96 Å². The molecular formula is C39H39N3O4. The number of amides is 2. The molecule has 0 spiro atoms. The topological polar surface area (TPSA) is 71.4 Å². The number of hydrogen-bond donors (Lipinski definition) is 0. The third-order valence-electron chi connectivity index (χ3n) is 8.54. The van der Waals surface area contributed by atoms with E-state index in [0.717, 1.165) is 53.6 Å². The molecule has 0 radical (unpaired) electrons. The number of hydrogen-bond acceptors (Lipinski definition) is 4. The summed E-state index contributed by atoms with van der Waals surface area (Å²) in [6.07, 6.45) is 6.14. The number of carbonyl (C=O) groups is 2. The third-order valence-corrected chi connectivity index (χ3v) is 8.54. The van der Waals surface area contributed by atoms with Crippen LogP contribution in [0.3, 0.4) is 0 Å². The zero-order chi connectivity index (χ0) is 31.6. The van der Waals surface area contributed by atoms with Crippen LogP contribution in [0.4, 0.5) is 9.59 Å². The molecule has 234 valence electrons. The van der Waals surface area contributed by atoms with Crippen LogP contribution in [-0.4, -0.2) is 34.0 Å². The van der Waals surface area contributed by atoms with E-state index in [9.17, 15) is 9.59 Å². The highest BCUT2D eigenvalue weighted by molar-refractivity contribution is 6.04. The highest BCUT2D eigenvalue weighted by atomic mass is 16.6. The summed E-state index contributed by atoms with van der Waals surface area (Å²) in [6.45, 7) is 0.626. The first-order valence-electron chi connectivity index (χ1n) is 16.0. The van der Waals surface area contributed by atoms with Crippen molar-refractivity contribution in [3.8, 4) is 0 Å². The fourth-order valence-electron chi connectivity index (χ4n) is 6.34. The van der Waals surface area contributed by atoms with Crippen LogP contribution in [0, 0.1) is 5.92 Å². The minimum atomic E-state index is -0.763. The van der Waals surface area contributed by atoms with E-state index in [0.29, 0.717) is 6.54 Å². The summed E-state index contributed by atoms with van der Waals surface area (Å²) in [5.41, 5.74) is 4.47. The molecule has 7 heteroatoms. The second-order valence-electron chi connectivity index (χ2n) is 11.8. The molecule has 6 rings (SSSR count). The Hall–Kier alpha value is -5.17. The minimum Gasteiger partial charge on any atom is -0.444 e. The number of carbonyl (C=O) groups excluding carboxylic acids is 2. The Morgan fingerprint density at radius 3 is 1.78 bits per heavy atom. The van der Waals surface area contributed by atoms with Gasteiger partial charge in [-0.25, -0.2) is 14.5 Å². The summed E-state index contributed by atoms with van der Waals surface area (Å²) >= 11 is 0. The average molecular weight is 614 g/mol. The van der Waals surface area contributed by atoms with Gasteiger partial charge in [0.1, 0.15) is 13.2 Å². The second kappa shape index (κ2) is 15.2. The Bertz CT molecular complexity index is 1640. The summed E-state index contributed by atoms with van der Waals surface area (Å²) in [5, 5.41) is 0. The summed E-state index contributed by atoms with van der Waals surface area (Å²) < 4.78 is 11.6. The first-order chi connectivity index (χ1) is 22.7. The SMILES string of the molecule is O=C(/N=C1\N(C(=O)OCc2ccccc2)/C(=C\c2ccccc2)C(C2CCCCC2)N1Cc1ccccc1)OCc1ccccc1. The van der Waals surface area contributed by atoms with Crippen molar-refractivity contribution in [1.29, 1.82) is 0 Å². The van der Waals surface area contributed by atoms with Crippen LogP contribution >= 0.6 is 0 Å². The number of rotatable bonds is 8. The van der Waals surface area contributed by atoms with Gasteiger partial charge >= 0.3 is 12.2 Å². The number of guanidine groups is 1. The smallest absolute Gasteiger partial charge is 0.437 e. The lowest BCUT2D eigenvalue weighted by Crippen LogP contribution is -2.41. The van der Waals surface area contributed by atoms with Crippen molar-refractivity contribution in [2.24, 2.45) is 10.9 Å². The molecular weight excluding hydrogens is 574 g/mol. The predicted octanol–water partition coefficient (Wildman–Crippen LogP) is 8.82. The van der Waals surface area contributed by atoms with E-state index in [1.807, 2.05) is 115 Å². The molecule has 7 nitrogen and oxygen atoms in total. The molecule has 1 atom stereocenters. The second-order valence-corrected chi connectivity index (χ2v) is 11.8. The quantitative estimate of drug-likeness (QED) is 0.199. The van der Waals surface area contributed by atoms with Crippen molar-refractivity contribution in [3.63, 3.8) is 0 Å². The van der Waals surface area contributed by atoms with Gasteiger partial charge in [0, 0.05) is 6.54 Å². The first-order valence-corrected chi connectivity index (χ1v) is 16.0. The Kier molecular flexibility index (Phi) is 10.2. The highest BCUT2D eigenvalue weighted by Gasteiger charge is 2.48. The molecule has 2 amide bonds. The van der Waals surface area contributed by atoms with E-state index >= 15 is 0 Å². The van der Waals surface area contributed by atoms with E-state index in [1.165, 1.54) is 11.3 Å². The monoisotopic (exact) mass is 613 g/mol. The van der Waals surface area contributed by atoms with Crippen molar-refractivity contribution < 1.29 is 19.1 Å². The Balaban J connectivity index is 1.44. The lowest BCUT2D eigenvalue weighted by Gasteiger charge is -2.34. The summed E-state index contributed by atoms with van der Waals surface area (Å²) in [4.78, 5) is 35.8. The van der Waals surface area contributed by atoms with Crippen LogP contribution in [-0.2, 0) is 29.2 Å².